The van der Waals surface area contributed by atoms with Crippen LogP contribution in [-0.2, 0) is 19.5 Å². The molecule has 114 valence electrons. The minimum atomic E-state index is 0.243. The minimum Gasteiger partial charge on any atom is -0.388 e. The van der Waals surface area contributed by atoms with Crippen molar-refractivity contribution in [2.75, 3.05) is 6.54 Å². The molecule has 5 nitrogen and oxygen atoms in total. The predicted octanol–water partition coefficient (Wildman–Crippen LogP) is 2.76. The summed E-state index contributed by atoms with van der Waals surface area (Å²) in [6.07, 6.45) is 1.53. The number of halogens is 1. The molecule has 6 heteroatoms. The van der Waals surface area contributed by atoms with Gasteiger partial charge in [0.1, 0.15) is 0 Å². The second-order valence-corrected chi connectivity index (χ2v) is 6.01. The zero-order valence-corrected chi connectivity index (χ0v) is 14.5. The molecule has 0 amide bonds. The molecule has 0 aliphatic heterocycles. The molecule has 0 fully saturated rings. The van der Waals surface area contributed by atoms with E-state index in [1.54, 1.807) is 0 Å². The standard InChI is InChI=1S/C14H26BrN5/c1-5-11-14(15)12(20(6-2)18-11)9-19(10(3)4)8-7-13(16)17/h10H,5-9H2,1-4H3,(H3,16,17). The Labute approximate surface area is 130 Å². The average Bonchev–Trinajstić information content (AvgIpc) is 2.70. The van der Waals surface area contributed by atoms with Crippen molar-refractivity contribution in [2.45, 2.75) is 59.7 Å². The molecule has 0 aliphatic carbocycles. The lowest BCUT2D eigenvalue weighted by molar-refractivity contribution is 0.212. The molecule has 1 heterocycles. The van der Waals surface area contributed by atoms with Crippen molar-refractivity contribution in [1.82, 2.24) is 14.7 Å². The zero-order valence-electron chi connectivity index (χ0n) is 12.9. The molecule has 1 aromatic rings. The lowest BCUT2D eigenvalue weighted by Crippen LogP contribution is -2.34. The Bertz CT molecular complexity index is 453. The first-order valence-corrected chi connectivity index (χ1v) is 8.00. The van der Waals surface area contributed by atoms with E-state index in [1.807, 2.05) is 0 Å². The van der Waals surface area contributed by atoms with Crippen molar-refractivity contribution < 1.29 is 0 Å². The van der Waals surface area contributed by atoms with Crippen LogP contribution in [0.5, 0.6) is 0 Å². The van der Waals surface area contributed by atoms with Gasteiger partial charge < -0.3 is 5.73 Å². The van der Waals surface area contributed by atoms with Crippen LogP contribution in [0.4, 0.5) is 0 Å². The zero-order chi connectivity index (χ0) is 15.3. The molecule has 0 aromatic carbocycles. The number of nitrogens with two attached hydrogens (primary N) is 1. The van der Waals surface area contributed by atoms with Gasteiger partial charge in [-0.15, -0.1) is 0 Å². The smallest absolute Gasteiger partial charge is 0.0918 e. The van der Waals surface area contributed by atoms with Gasteiger partial charge in [-0.05, 0) is 43.1 Å². The Balaban J connectivity index is 2.92. The van der Waals surface area contributed by atoms with E-state index in [4.69, 9.17) is 11.1 Å². The number of aryl methyl sites for hydroxylation is 2. The van der Waals surface area contributed by atoms with Gasteiger partial charge in [0.25, 0.3) is 0 Å². The van der Waals surface area contributed by atoms with Crippen LogP contribution in [-0.4, -0.2) is 33.1 Å². The van der Waals surface area contributed by atoms with Gasteiger partial charge in [0.05, 0.1) is 21.7 Å². The number of hydrogen-bond donors (Lipinski definition) is 2. The van der Waals surface area contributed by atoms with Crippen LogP contribution in [0.15, 0.2) is 4.47 Å². The number of nitrogens with one attached hydrogen (secondary N) is 1. The molecule has 20 heavy (non-hydrogen) atoms. The maximum atomic E-state index is 7.39. The number of rotatable bonds is 8. The van der Waals surface area contributed by atoms with E-state index in [-0.39, 0.29) is 5.84 Å². The molecular weight excluding hydrogens is 318 g/mol. The van der Waals surface area contributed by atoms with Gasteiger partial charge >= 0.3 is 0 Å². The van der Waals surface area contributed by atoms with E-state index in [0.717, 1.165) is 36.2 Å². The van der Waals surface area contributed by atoms with Gasteiger partial charge in [-0.2, -0.15) is 5.10 Å². The number of hydrogen-bond acceptors (Lipinski definition) is 3. The van der Waals surface area contributed by atoms with Crippen molar-refractivity contribution in [1.29, 1.82) is 5.41 Å². The minimum absolute atomic E-state index is 0.243. The molecule has 0 unspecified atom stereocenters. The summed E-state index contributed by atoms with van der Waals surface area (Å²) < 4.78 is 3.18. The SMILES string of the molecule is CCc1nn(CC)c(CN(CCC(=N)N)C(C)C)c1Br. The summed E-state index contributed by atoms with van der Waals surface area (Å²) in [5.74, 6) is 0.243. The molecule has 1 rings (SSSR count). The maximum Gasteiger partial charge on any atom is 0.0918 e. The van der Waals surface area contributed by atoms with Gasteiger partial charge in [-0.25, -0.2) is 0 Å². The average molecular weight is 344 g/mol. The van der Waals surface area contributed by atoms with Crippen LogP contribution in [0, 0.1) is 5.41 Å². The molecule has 0 radical (unpaired) electrons. The van der Waals surface area contributed by atoms with Crippen molar-refractivity contribution in [3.05, 3.63) is 15.9 Å². The summed E-state index contributed by atoms with van der Waals surface area (Å²) in [6, 6.07) is 0.409. The Morgan fingerprint density at radius 1 is 1.45 bits per heavy atom. The fraction of sp³-hybridized carbons (Fsp3) is 0.714. The van der Waals surface area contributed by atoms with Crippen LogP contribution >= 0.6 is 15.9 Å². The summed E-state index contributed by atoms with van der Waals surface area (Å²) in [6.45, 7) is 11.1. The largest absolute Gasteiger partial charge is 0.388 e. The summed E-state index contributed by atoms with van der Waals surface area (Å²) >= 11 is 3.68. The lowest BCUT2D eigenvalue weighted by atomic mass is 10.2. The van der Waals surface area contributed by atoms with Crippen molar-refractivity contribution in [2.24, 2.45) is 5.73 Å². The van der Waals surface area contributed by atoms with Crippen LogP contribution in [0.3, 0.4) is 0 Å². The Morgan fingerprint density at radius 2 is 2.10 bits per heavy atom. The fourth-order valence-electron chi connectivity index (χ4n) is 2.14. The van der Waals surface area contributed by atoms with E-state index >= 15 is 0 Å². The number of amidine groups is 1. The van der Waals surface area contributed by atoms with E-state index in [0.29, 0.717) is 12.5 Å². The Morgan fingerprint density at radius 3 is 2.55 bits per heavy atom. The van der Waals surface area contributed by atoms with E-state index in [2.05, 4.69) is 58.3 Å². The molecule has 1 aromatic heterocycles. The second kappa shape index (κ2) is 7.78. The quantitative estimate of drug-likeness (QED) is 0.563. The highest BCUT2D eigenvalue weighted by atomic mass is 79.9. The van der Waals surface area contributed by atoms with Gasteiger partial charge in [-0.3, -0.25) is 15.0 Å². The third kappa shape index (κ3) is 4.31. The van der Waals surface area contributed by atoms with Crippen LogP contribution < -0.4 is 5.73 Å². The summed E-state index contributed by atoms with van der Waals surface area (Å²) in [4.78, 5) is 2.33. The van der Waals surface area contributed by atoms with E-state index in [1.165, 1.54) is 5.69 Å². The van der Waals surface area contributed by atoms with Crippen molar-refractivity contribution >= 4 is 21.8 Å². The maximum absolute atomic E-state index is 7.39. The molecule has 0 saturated heterocycles. The van der Waals surface area contributed by atoms with E-state index < -0.39 is 0 Å². The first-order valence-electron chi connectivity index (χ1n) is 7.21. The van der Waals surface area contributed by atoms with Gasteiger partial charge in [-0.1, -0.05) is 6.92 Å². The molecule has 0 bridgehead atoms. The Hall–Kier alpha value is -0.880. The molecule has 0 atom stereocenters. The molecule has 0 saturated carbocycles. The van der Waals surface area contributed by atoms with Gasteiger partial charge in [0.2, 0.25) is 0 Å². The number of aromatic nitrogens is 2. The second-order valence-electron chi connectivity index (χ2n) is 5.22. The normalized spacial score (nSPS) is 11.6. The first kappa shape index (κ1) is 17.2. The topological polar surface area (TPSA) is 70.9 Å². The third-order valence-corrected chi connectivity index (χ3v) is 4.36. The third-order valence-electron chi connectivity index (χ3n) is 3.45. The molecule has 0 spiro atoms. The summed E-state index contributed by atoms with van der Waals surface area (Å²) in [5.41, 5.74) is 7.79. The highest BCUT2D eigenvalue weighted by Gasteiger charge is 2.18. The van der Waals surface area contributed by atoms with E-state index in [9.17, 15) is 0 Å². The summed E-state index contributed by atoms with van der Waals surface area (Å²) in [7, 11) is 0. The lowest BCUT2D eigenvalue weighted by Gasteiger charge is -2.26. The van der Waals surface area contributed by atoms with Crippen LogP contribution in [0.1, 0.15) is 45.5 Å². The number of nitrogens with zero attached hydrogens (tertiary/aromatic N) is 3. The molecule has 3 N–H and O–H groups in total. The van der Waals surface area contributed by atoms with Gasteiger partial charge in [0.15, 0.2) is 0 Å². The highest BCUT2D eigenvalue weighted by Crippen LogP contribution is 2.24. The van der Waals surface area contributed by atoms with Crippen LogP contribution in [0.25, 0.3) is 0 Å². The van der Waals surface area contributed by atoms with Crippen LogP contribution in [0.2, 0.25) is 0 Å². The fourth-order valence-corrected chi connectivity index (χ4v) is 2.83. The molecule has 0 aliphatic rings. The van der Waals surface area contributed by atoms with Crippen molar-refractivity contribution in [3.63, 3.8) is 0 Å². The predicted molar refractivity (Wildman–Crippen MR) is 87.1 cm³/mol. The molecular formula is C14H26BrN5. The van der Waals surface area contributed by atoms with Gasteiger partial charge in [0, 0.05) is 32.1 Å². The highest BCUT2D eigenvalue weighted by molar-refractivity contribution is 9.10. The first-order chi connectivity index (χ1) is 9.40. The monoisotopic (exact) mass is 343 g/mol. The Kier molecular flexibility index (Phi) is 6.68. The van der Waals surface area contributed by atoms with Crippen molar-refractivity contribution in [3.8, 4) is 0 Å². The summed E-state index contributed by atoms with van der Waals surface area (Å²) in [5, 5.41) is 12.0.